The maximum atomic E-state index is 13.1. The first-order valence-corrected chi connectivity index (χ1v) is 5.64. The fourth-order valence-electron chi connectivity index (χ4n) is 1.53. The van der Waals surface area contributed by atoms with E-state index in [4.69, 9.17) is 0 Å². The topological polar surface area (TPSA) is 103 Å². The van der Waals surface area contributed by atoms with E-state index in [1.165, 1.54) is 16.9 Å². The van der Waals surface area contributed by atoms with Gasteiger partial charge in [0.15, 0.2) is 0 Å². The molecule has 8 nitrogen and oxygen atoms in total. The van der Waals surface area contributed by atoms with Gasteiger partial charge in [-0.15, -0.1) is 5.10 Å². The van der Waals surface area contributed by atoms with Crippen molar-refractivity contribution in [1.29, 1.82) is 0 Å². The Morgan fingerprint density at radius 1 is 1.50 bits per heavy atom. The number of rotatable bonds is 5. The van der Waals surface area contributed by atoms with Crippen molar-refractivity contribution in [2.24, 2.45) is 0 Å². The van der Waals surface area contributed by atoms with E-state index in [0.717, 1.165) is 12.1 Å². The van der Waals surface area contributed by atoms with Crippen LogP contribution in [0.3, 0.4) is 0 Å². The van der Waals surface area contributed by atoms with Crippen LogP contribution in [0.25, 0.3) is 0 Å². The van der Waals surface area contributed by atoms with Gasteiger partial charge in [-0.25, -0.2) is 0 Å². The fourth-order valence-corrected chi connectivity index (χ4v) is 1.53. The number of carbonyl (C=O) groups excluding carboxylic acids is 1. The molecule has 1 amide bonds. The molecule has 104 valence electrons. The van der Waals surface area contributed by atoms with Gasteiger partial charge in [-0.1, -0.05) is 5.21 Å². The lowest BCUT2D eigenvalue weighted by molar-refractivity contribution is -0.387. The zero-order valence-corrected chi connectivity index (χ0v) is 10.2. The monoisotopic (exact) mass is 279 g/mol. The van der Waals surface area contributed by atoms with Crippen molar-refractivity contribution in [1.82, 2.24) is 20.3 Å². The Hall–Kier alpha value is -2.84. The maximum absolute atomic E-state index is 13.1. The zero-order valence-electron chi connectivity index (χ0n) is 10.2. The Morgan fingerprint density at radius 2 is 2.30 bits per heavy atom. The van der Waals surface area contributed by atoms with Gasteiger partial charge in [0.2, 0.25) is 5.82 Å². The number of hydrogen-bond acceptors (Lipinski definition) is 5. The van der Waals surface area contributed by atoms with Crippen molar-refractivity contribution in [3.8, 4) is 0 Å². The van der Waals surface area contributed by atoms with E-state index in [0.29, 0.717) is 6.54 Å². The highest BCUT2D eigenvalue weighted by atomic mass is 19.1. The summed E-state index contributed by atoms with van der Waals surface area (Å²) in [4.78, 5) is 21.5. The molecule has 0 atom stereocenters. The van der Waals surface area contributed by atoms with Gasteiger partial charge in [-0.2, -0.15) is 4.39 Å². The van der Waals surface area contributed by atoms with Crippen LogP contribution < -0.4 is 5.32 Å². The molecule has 0 spiro atoms. The van der Waals surface area contributed by atoms with E-state index in [1.54, 1.807) is 6.20 Å². The predicted octanol–water partition coefficient (Wildman–Crippen LogP) is 0.755. The Labute approximate surface area is 112 Å². The summed E-state index contributed by atoms with van der Waals surface area (Å²) in [5, 5.41) is 20.4. The molecule has 9 heteroatoms. The van der Waals surface area contributed by atoms with Crippen LogP contribution >= 0.6 is 0 Å². The van der Waals surface area contributed by atoms with Gasteiger partial charge in [-0.05, 0) is 12.1 Å². The highest BCUT2D eigenvalue weighted by Gasteiger charge is 2.17. The second kappa shape index (κ2) is 5.87. The summed E-state index contributed by atoms with van der Waals surface area (Å²) in [7, 11) is 0. The molecule has 1 heterocycles. The van der Waals surface area contributed by atoms with Gasteiger partial charge in [0, 0.05) is 24.4 Å². The minimum atomic E-state index is -0.978. The number of nitrogens with one attached hydrogen (secondary N) is 1. The Kier molecular flexibility index (Phi) is 3.99. The molecule has 0 aliphatic rings. The van der Waals surface area contributed by atoms with Gasteiger partial charge < -0.3 is 5.32 Å². The average Bonchev–Trinajstić information content (AvgIpc) is 2.92. The molecule has 0 unspecified atom stereocenters. The number of aromatic nitrogens is 3. The molecule has 0 saturated carbocycles. The number of benzene rings is 1. The van der Waals surface area contributed by atoms with Crippen molar-refractivity contribution >= 4 is 11.6 Å². The largest absolute Gasteiger partial charge is 0.350 e. The number of carbonyl (C=O) groups is 1. The third-order valence-corrected chi connectivity index (χ3v) is 2.50. The normalized spacial score (nSPS) is 10.2. The quantitative estimate of drug-likeness (QED) is 0.642. The first kappa shape index (κ1) is 13.6. The summed E-state index contributed by atoms with van der Waals surface area (Å²) in [6.45, 7) is 0.683. The van der Waals surface area contributed by atoms with E-state index < -0.39 is 22.3 Å². The number of amides is 1. The number of nitro groups is 1. The molecule has 0 bridgehead atoms. The molecule has 1 aromatic carbocycles. The third kappa shape index (κ3) is 3.13. The average molecular weight is 279 g/mol. The molecular weight excluding hydrogens is 269 g/mol. The highest BCUT2D eigenvalue weighted by molar-refractivity contribution is 5.94. The molecule has 1 aromatic heterocycles. The molecular formula is C11H10FN5O3. The van der Waals surface area contributed by atoms with Gasteiger partial charge >= 0.3 is 5.69 Å². The second-order valence-corrected chi connectivity index (χ2v) is 3.85. The van der Waals surface area contributed by atoms with Crippen molar-refractivity contribution in [3.63, 3.8) is 0 Å². The standard InChI is InChI=1S/C11H10FN5O3/c12-9-2-1-8(7-10(9)17(19)20)11(18)13-3-5-16-6-4-14-15-16/h1-2,4,6-7H,3,5H2,(H,13,18). The van der Waals surface area contributed by atoms with Crippen molar-refractivity contribution in [2.75, 3.05) is 6.54 Å². The van der Waals surface area contributed by atoms with Gasteiger partial charge in [0.1, 0.15) is 0 Å². The lowest BCUT2D eigenvalue weighted by atomic mass is 10.2. The van der Waals surface area contributed by atoms with Gasteiger partial charge in [0.25, 0.3) is 5.91 Å². The van der Waals surface area contributed by atoms with Crippen molar-refractivity contribution < 1.29 is 14.1 Å². The summed E-state index contributed by atoms with van der Waals surface area (Å²) in [5.41, 5.74) is -0.703. The summed E-state index contributed by atoms with van der Waals surface area (Å²) >= 11 is 0. The van der Waals surface area contributed by atoms with Crippen LogP contribution in [-0.4, -0.2) is 32.4 Å². The zero-order chi connectivity index (χ0) is 14.5. The Morgan fingerprint density at radius 3 is 2.95 bits per heavy atom. The molecule has 1 N–H and O–H groups in total. The van der Waals surface area contributed by atoms with E-state index in [-0.39, 0.29) is 12.1 Å². The summed E-state index contributed by atoms with van der Waals surface area (Å²) in [6, 6.07) is 2.98. The predicted molar refractivity (Wildman–Crippen MR) is 65.4 cm³/mol. The van der Waals surface area contributed by atoms with Crippen LogP contribution in [0.5, 0.6) is 0 Å². The van der Waals surface area contributed by atoms with Crippen LogP contribution in [0, 0.1) is 15.9 Å². The summed E-state index contributed by atoms with van der Waals surface area (Å²) in [6.07, 6.45) is 3.14. The number of halogens is 1. The Bertz CT molecular complexity index is 629. The first-order valence-electron chi connectivity index (χ1n) is 5.64. The number of hydrogen-bond donors (Lipinski definition) is 1. The molecule has 20 heavy (non-hydrogen) atoms. The molecule has 0 fully saturated rings. The number of nitro benzene ring substituents is 1. The minimum absolute atomic E-state index is 0.0247. The lowest BCUT2D eigenvalue weighted by Gasteiger charge is -2.05. The molecule has 0 radical (unpaired) electrons. The van der Waals surface area contributed by atoms with Crippen LogP contribution in [0.1, 0.15) is 10.4 Å². The maximum Gasteiger partial charge on any atom is 0.305 e. The van der Waals surface area contributed by atoms with Gasteiger partial charge in [0.05, 0.1) is 17.7 Å². The van der Waals surface area contributed by atoms with Crippen molar-refractivity contribution in [2.45, 2.75) is 6.54 Å². The minimum Gasteiger partial charge on any atom is -0.350 e. The van der Waals surface area contributed by atoms with Crippen LogP contribution in [0.15, 0.2) is 30.6 Å². The first-order chi connectivity index (χ1) is 9.58. The molecule has 0 saturated heterocycles. The highest BCUT2D eigenvalue weighted by Crippen LogP contribution is 2.18. The molecule has 0 aliphatic carbocycles. The van der Waals surface area contributed by atoms with E-state index in [1.807, 2.05) is 0 Å². The summed E-state index contributed by atoms with van der Waals surface area (Å²) < 4.78 is 14.7. The van der Waals surface area contributed by atoms with E-state index in [2.05, 4.69) is 15.6 Å². The fraction of sp³-hybridized carbons (Fsp3) is 0.182. The van der Waals surface area contributed by atoms with Gasteiger partial charge in [-0.3, -0.25) is 19.6 Å². The van der Waals surface area contributed by atoms with Crippen LogP contribution in [0.4, 0.5) is 10.1 Å². The van der Waals surface area contributed by atoms with Crippen LogP contribution in [0.2, 0.25) is 0 Å². The SMILES string of the molecule is O=C(NCCn1ccnn1)c1ccc(F)c([N+](=O)[O-])c1. The smallest absolute Gasteiger partial charge is 0.305 e. The molecule has 2 aromatic rings. The molecule has 0 aliphatic heterocycles. The van der Waals surface area contributed by atoms with E-state index in [9.17, 15) is 19.3 Å². The van der Waals surface area contributed by atoms with Crippen LogP contribution in [-0.2, 0) is 6.54 Å². The summed E-state index contributed by atoms with van der Waals surface area (Å²) in [5.74, 6) is -1.50. The lowest BCUT2D eigenvalue weighted by Crippen LogP contribution is -2.27. The van der Waals surface area contributed by atoms with E-state index >= 15 is 0 Å². The number of nitrogens with zero attached hydrogens (tertiary/aromatic N) is 4. The Balaban J connectivity index is 1.98. The third-order valence-electron chi connectivity index (χ3n) is 2.50. The van der Waals surface area contributed by atoms with Crippen molar-refractivity contribution in [3.05, 3.63) is 52.1 Å². The second-order valence-electron chi connectivity index (χ2n) is 3.85. The molecule has 2 rings (SSSR count).